The lowest BCUT2D eigenvalue weighted by Gasteiger charge is -2.26. The Bertz CT molecular complexity index is 978. The first-order valence-corrected chi connectivity index (χ1v) is 11.8. The van der Waals surface area contributed by atoms with Crippen molar-refractivity contribution in [3.63, 3.8) is 0 Å². The Kier molecular flexibility index (Phi) is 8.43. The van der Waals surface area contributed by atoms with Gasteiger partial charge in [-0.15, -0.1) is 0 Å². The van der Waals surface area contributed by atoms with E-state index in [-0.39, 0.29) is 10.6 Å². The third-order valence-electron chi connectivity index (χ3n) is 5.13. The van der Waals surface area contributed by atoms with Crippen LogP contribution in [0.3, 0.4) is 0 Å². The maximum Gasteiger partial charge on any atom is 0.264 e. The van der Waals surface area contributed by atoms with Gasteiger partial charge in [0, 0.05) is 19.6 Å². The highest BCUT2D eigenvalue weighted by Crippen LogP contribution is 2.25. The zero-order valence-corrected chi connectivity index (χ0v) is 18.8. The molecule has 0 bridgehead atoms. The molecule has 0 aliphatic carbocycles. The van der Waals surface area contributed by atoms with E-state index >= 15 is 0 Å². The standard InChI is InChI=1S/C22H28FN3O5S/c1-30-20-7-9-21(10-8-20)32(28,29)26(19-5-3-18(23)4-6-19)17-22(27)24-11-2-12-25-13-15-31-16-14-25/h3-10H,2,11-17H2,1H3,(H,24,27). The van der Waals surface area contributed by atoms with Crippen LogP contribution in [0.2, 0.25) is 0 Å². The summed E-state index contributed by atoms with van der Waals surface area (Å²) in [7, 11) is -2.58. The SMILES string of the molecule is COc1ccc(S(=O)(=O)N(CC(=O)NCCCN2CCOCC2)c2ccc(F)cc2)cc1. The van der Waals surface area contributed by atoms with Crippen LogP contribution < -0.4 is 14.4 Å². The van der Waals surface area contributed by atoms with Crippen molar-refractivity contribution in [1.82, 2.24) is 10.2 Å². The quantitative estimate of drug-likeness (QED) is 0.539. The highest BCUT2D eigenvalue weighted by atomic mass is 32.2. The predicted octanol–water partition coefficient (Wildman–Crippen LogP) is 1.87. The van der Waals surface area contributed by atoms with E-state index in [1.54, 1.807) is 0 Å². The van der Waals surface area contributed by atoms with Crippen molar-refractivity contribution >= 4 is 21.6 Å². The number of carbonyl (C=O) groups excluding carboxylic acids is 1. The van der Waals surface area contributed by atoms with Crippen LogP contribution in [0.15, 0.2) is 53.4 Å². The zero-order chi connectivity index (χ0) is 23.0. The molecule has 1 fully saturated rings. The van der Waals surface area contributed by atoms with Gasteiger partial charge in [0.2, 0.25) is 5.91 Å². The van der Waals surface area contributed by atoms with Crippen molar-refractivity contribution in [2.75, 3.05) is 57.4 Å². The van der Waals surface area contributed by atoms with Crippen molar-refractivity contribution in [3.8, 4) is 5.75 Å². The number of morpholine rings is 1. The van der Waals surface area contributed by atoms with E-state index in [1.807, 2.05) is 0 Å². The average molecular weight is 466 g/mol. The van der Waals surface area contributed by atoms with Crippen molar-refractivity contribution in [2.24, 2.45) is 0 Å². The number of benzene rings is 2. The molecule has 0 aromatic heterocycles. The second-order valence-electron chi connectivity index (χ2n) is 7.32. The number of amides is 1. The molecule has 0 unspecified atom stereocenters. The number of methoxy groups -OCH3 is 1. The number of carbonyl (C=O) groups is 1. The first-order chi connectivity index (χ1) is 15.4. The Morgan fingerprint density at radius 1 is 1.12 bits per heavy atom. The second-order valence-corrected chi connectivity index (χ2v) is 9.18. The largest absolute Gasteiger partial charge is 0.497 e. The first-order valence-electron chi connectivity index (χ1n) is 10.4. The van der Waals surface area contributed by atoms with Gasteiger partial charge in [-0.3, -0.25) is 14.0 Å². The van der Waals surface area contributed by atoms with Crippen LogP contribution in [0.5, 0.6) is 5.75 Å². The van der Waals surface area contributed by atoms with Gasteiger partial charge in [-0.2, -0.15) is 0 Å². The summed E-state index contributed by atoms with van der Waals surface area (Å²) in [5.41, 5.74) is 0.200. The van der Waals surface area contributed by atoms with Gasteiger partial charge < -0.3 is 14.8 Å². The Balaban J connectivity index is 1.68. The minimum absolute atomic E-state index is 0.00254. The van der Waals surface area contributed by atoms with Crippen molar-refractivity contribution < 1.29 is 27.1 Å². The van der Waals surface area contributed by atoms with Crippen LogP contribution >= 0.6 is 0 Å². The molecule has 0 spiro atoms. The maximum atomic E-state index is 13.4. The second kappa shape index (κ2) is 11.3. The van der Waals surface area contributed by atoms with Crippen molar-refractivity contribution in [3.05, 3.63) is 54.3 Å². The fraction of sp³-hybridized carbons (Fsp3) is 0.409. The predicted molar refractivity (Wildman–Crippen MR) is 119 cm³/mol. The molecule has 8 nitrogen and oxygen atoms in total. The lowest BCUT2D eigenvalue weighted by atomic mass is 10.3. The first kappa shape index (κ1) is 24.0. The van der Waals surface area contributed by atoms with Gasteiger partial charge in [0.25, 0.3) is 10.0 Å². The highest BCUT2D eigenvalue weighted by Gasteiger charge is 2.27. The van der Waals surface area contributed by atoms with Gasteiger partial charge >= 0.3 is 0 Å². The molecule has 10 heteroatoms. The van der Waals surface area contributed by atoms with Gasteiger partial charge in [0.15, 0.2) is 0 Å². The normalized spacial score (nSPS) is 14.7. The summed E-state index contributed by atoms with van der Waals surface area (Å²) in [5, 5.41) is 2.78. The summed E-state index contributed by atoms with van der Waals surface area (Å²) in [4.78, 5) is 14.8. The number of sulfonamides is 1. The summed E-state index contributed by atoms with van der Waals surface area (Å²) >= 11 is 0. The van der Waals surface area contributed by atoms with Crippen LogP contribution in [0.1, 0.15) is 6.42 Å². The number of nitrogens with one attached hydrogen (secondary N) is 1. The van der Waals surface area contributed by atoms with E-state index in [0.717, 1.165) is 42.5 Å². The highest BCUT2D eigenvalue weighted by molar-refractivity contribution is 7.92. The molecule has 3 rings (SSSR count). The summed E-state index contributed by atoms with van der Waals surface area (Å²) < 4.78 is 51.3. The molecule has 174 valence electrons. The number of rotatable bonds is 10. The van der Waals surface area contributed by atoms with Crippen LogP contribution in [0, 0.1) is 5.82 Å². The van der Waals surface area contributed by atoms with Gasteiger partial charge in [-0.1, -0.05) is 0 Å². The van der Waals surface area contributed by atoms with Gasteiger partial charge in [0.05, 0.1) is 30.9 Å². The number of anilines is 1. The topological polar surface area (TPSA) is 88.2 Å². The van der Waals surface area contributed by atoms with E-state index in [4.69, 9.17) is 9.47 Å². The van der Waals surface area contributed by atoms with E-state index in [9.17, 15) is 17.6 Å². The molecule has 2 aromatic carbocycles. The molecule has 1 saturated heterocycles. The molecule has 0 atom stereocenters. The summed E-state index contributed by atoms with van der Waals surface area (Å²) in [6, 6.07) is 10.9. The van der Waals surface area contributed by atoms with Crippen LogP contribution in [0.25, 0.3) is 0 Å². The molecule has 1 aliphatic heterocycles. The maximum absolute atomic E-state index is 13.4. The lowest BCUT2D eigenvalue weighted by molar-refractivity contribution is -0.119. The molecule has 0 saturated carbocycles. The third-order valence-corrected chi connectivity index (χ3v) is 6.91. The Labute approximate surface area is 188 Å². The monoisotopic (exact) mass is 465 g/mol. The van der Waals surface area contributed by atoms with Crippen molar-refractivity contribution in [1.29, 1.82) is 0 Å². The van der Waals surface area contributed by atoms with Crippen LogP contribution in [-0.2, 0) is 19.6 Å². The van der Waals surface area contributed by atoms with Crippen LogP contribution in [0.4, 0.5) is 10.1 Å². The summed E-state index contributed by atoms with van der Waals surface area (Å²) in [6.07, 6.45) is 0.744. The fourth-order valence-electron chi connectivity index (χ4n) is 3.34. The van der Waals surface area contributed by atoms with Gasteiger partial charge in [0.1, 0.15) is 18.1 Å². The molecule has 1 N–H and O–H groups in total. The summed E-state index contributed by atoms with van der Waals surface area (Å²) in [6.45, 7) is 3.99. The minimum Gasteiger partial charge on any atom is -0.497 e. The smallest absolute Gasteiger partial charge is 0.264 e. The Morgan fingerprint density at radius 3 is 2.41 bits per heavy atom. The molecular weight excluding hydrogens is 437 g/mol. The lowest BCUT2D eigenvalue weighted by Crippen LogP contribution is -2.42. The van der Waals surface area contributed by atoms with Crippen LogP contribution in [-0.4, -0.2) is 72.3 Å². The third kappa shape index (κ3) is 6.41. The minimum atomic E-state index is -4.06. The zero-order valence-electron chi connectivity index (χ0n) is 18.0. The fourth-order valence-corrected chi connectivity index (χ4v) is 4.76. The number of hydrogen-bond donors (Lipinski definition) is 1. The van der Waals surface area contributed by atoms with E-state index in [2.05, 4.69) is 10.2 Å². The van der Waals surface area contributed by atoms with E-state index in [0.29, 0.717) is 25.5 Å². The van der Waals surface area contributed by atoms with Gasteiger partial charge in [-0.25, -0.2) is 12.8 Å². The molecule has 2 aromatic rings. The molecule has 1 aliphatic rings. The average Bonchev–Trinajstić information content (AvgIpc) is 2.81. The molecular formula is C22H28FN3O5S. The number of hydrogen-bond acceptors (Lipinski definition) is 6. The van der Waals surface area contributed by atoms with E-state index < -0.39 is 28.3 Å². The summed E-state index contributed by atoms with van der Waals surface area (Å²) in [5.74, 6) is -0.424. The molecule has 1 amide bonds. The van der Waals surface area contributed by atoms with Crippen molar-refractivity contribution in [2.45, 2.75) is 11.3 Å². The molecule has 1 heterocycles. The molecule has 0 radical (unpaired) electrons. The number of halogens is 1. The Hall–Kier alpha value is -2.69. The molecule has 32 heavy (non-hydrogen) atoms. The number of nitrogens with zero attached hydrogens (tertiary/aromatic N) is 2. The van der Waals surface area contributed by atoms with Gasteiger partial charge in [-0.05, 0) is 61.5 Å². The number of ether oxygens (including phenoxy) is 2. The Morgan fingerprint density at radius 2 is 1.78 bits per heavy atom. The van der Waals surface area contributed by atoms with E-state index in [1.165, 1.54) is 43.5 Å².